The molecule has 0 heterocycles. The zero-order valence-corrected chi connectivity index (χ0v) is 11.3. The van der Waals surface area contributed by atoms with Crippen LogP contribution in [0.15, 0.2) is 84.9 Å². The summed E-state index contributed by atoms with van der Waals surface area (Å²) < 4.78 is 0. The number of rotatable bonds is 2. The maximum absolute atomic E-state index is 4.28. The van der Waals surface area contributed by atoms with Crippen LogP contribution in [0.25, 0.3) is 10.8 Å². The summed E-state index contributed by atoms with van der Waals surface area (Å²) in [6.07, 6.45) is 1.06. The average Bonchev–Trinajstić information content (AvgIpc) is 3.20. The van der Waals surface area contributed by atoms with Crippen molar-refractivity contribution >= 4 is 10.8 Å². The Hall–Kier alpha value is -2.34. The molecular formula is C20H16. The van der Waals surface area contributed by atoms with Gasteiger partial charge in [0.05, 0.1) is 0 Å². The lowest BCUT2D eigenvalue weighted by Gasteiger charge is -2.18. The Labute approximate surface area is 119 Å². The first kappa shape index (κ1) is 11.5. The highest BCUT2D eigenvalue weighted by Gasteiger charge is 2.50. The van der Waals surface area contributed by atoms with Crippen LogP contribution in [0.5, 0.6) is 0 Å². The second-order valence-corrected chi connectivity index (χ2v) is 5.58. The van der Waals surface area contributed by atoms with Crippen LogP contribution >= 0.6 is 0 Å². The predicted molar refractivity (Wildman–Crippen MR) is 84.9 cm³/mol. The third-order valence-corrected chi connectivity index (χ3v) is 4.47. The van der Waals surface area contributed by atoms with E-state index < -0.39 is 0 Å². The molecule has 0 heteroatoms. The first-order chi connectivity index (χ1) is 9.82. The Morgan fingerprint density at radius 2 is 1.40 bits per heavy atom. The Morgan fingerprint density at radius 3 is 2.15 bits per heavy atom. The number of allylic oxidation sites excluding steroid dienone is 1. The minimum Gasteiger partial charge on any atom is -0.0986 e. The molecule has 0 spiro atoms. The minimum atomic E-state index is 0.0299. The van der Waals surface area contributed by atoms with Gasteiger partial charge in [-0.15, -0.1) is 0 Å². The molecule has 4 rings (SSSR count). The van der Waals surface area contributed by atoms with Crippen LogP contribution in [0, 0.1) is 0 Å². The van der Waals surface area contributed by atoms with Gasteiger partial charge in [-0.2, -0.15) is 0 Å². The van der Waals surface area contributed by atoms with Crippen LogP contribution in [0.3, 0.4) is 0 Å². The van der Waals surface area contributed by atoms with Crippen molar-refractivity contribution < 1.29 is 0 Å². The minimum absolute atomic E-state index is 0.0299. The molecule has 1 aliphatic carbocycles. The summed E-state index contributed by atoms with van der Waals surface area (Å²) in [6, 6.07) is 26.0. The zero-order chi connectivity index (χ0) is 13.6. The molecule has 0 amide bonds. The van der Waals surface area contributed by atoms with Gasteiger partial charge in [0.15, 0.2) is 0 Å². The van der Waals surface area contributed by atoms with Gasteiger partial charge >= 0.3 is 0 Å². The molecule has 0 saturated heterocycles. The van der Waals surface area contributed by atoms with E-state index in [9.17, 15) is 0 Å². The van der Waals surface area contributed by atoms with Gasteiger partial charge in [0.25, 0.3) is 0 Å². The molecule has 3 aromatic carbocycles. The molecule has 0 aromatic heterocycles. The van der Waals surface area contributed by atoms with Gasteiger partial charge in [0.2, 0.25) is 0 Å². The first-order valence-corrected chi connectivity index (χ1v) is 7.04. The number of fused-ring (bicyclic) bond motifs is 1. The zero-order valence-electron chi connectivity index (χ0n) is 11.3. The summed E-state index contributed by atoms with van der Waals surface area (Å²) >= 11 is 0. The summed E-state index contributed by atoms with van der Waals surface area (Å²) in [5.74, 6) is 0. The van der Waals surface area contributed by atoms with E-state index in [-0.39, 0.29) is 5.41 Å². The maximum Gasteiger partial charge on any atom is 0.0452 e. The standard InChI is InChI=1S/C20H16/c1-15-14-20(15,17-10-3-2-4-11-17)19-13-7-9-16-8-5-6-12-18(16)19/h2-13H,1,14H2/t20-/m1/s1. The molecule has 0 bridgehead atoms. The lowest BCUT2D eigenvalue weighted by Crippen LogP contribution is -2.09. The highest BCUT2D eigenvalue weighted by atomic mass is 14.5. The molecule has 96 valence electrons. The molecule has 20 heavy (non-hydrogen) atoms. The fraction of sp³-hybridized carbons (Fsp3) is 0.100. The molecule has 1 aliphatic rings. The lowest BCUT2D eigenvalue weighted by molar-refractivity contribution is 0.892. The predicted octanol–water partition coefficient (Wildman–Crippen LogP) is 5.09. The topological polar surface area (TPSA) is 0 Å². The normalized spacial score (nSPS) is 21.1. The van der Waals surface area contributed by atoms with Crippen molar-refractivity contribution in [3.63, 3.8) is 0 Å². The van der Waals surface area contributed by atoms with Gasteiger partial charge in [-0.05, 0) is 28.3 Å². The lowest BCUT2D eigenvalue weighted by atomic mass is 9.84. The second kappa shape index (κ2) is 4.08. The molecule has 0 unspecified atom stereocenters. The van der Waals surface area contributed by atoms with Gasteiger partial charge in [0, 0.05) is 5.41 Å². The van der Waals surface area contributed by atoms with Crippen molar-refractivity contribution in [2.24, 2.45) is 0 Å². The van der Waals surface area contributed by atoms with Crippen LogP contribution in [-0.4, -0.2) is 0 Å². The Bertz CT molecular complexity index is 793. The summed E-state index contributed by atoms with van der Waals surface area (Å²) in [4.78, 5) is 0. The van der Waals surface area contributed by atoms with E-state index in [4.69, 9.17) is 0 Å². The molecule has 0 aliphatic heterocycles. The Balaban J connectivity index is 2.01. The van der Waals surface area contributed by atoms with Gasteiger partial charge in [-0.25, -0.2) is 0 Å². The third-order valence-electron chi connectivity index (χ3n) is 4.47. The highest BCUT2D eigenvalue weighted by molar-refractivity contribution is 5.89. The van der Waals surface area contributed by atoms with Crippen molar-refractivity contribution in [2.45, 2.75) is 11.8 Å². The van der Waals surface area contributed by atoms with Crippen molar-refractivity contribution in [1.29, 1.82) is 0 Å². The van der Waals surface area contributed by atoms with Crippen molar-refractivity contribution in [2.75, 3.05) is 0 Å². The fourth-order valence-electron chi connectivity index (χ4n) is 3.34. The van der Waals surface area contributed by atoms with E-state index in [2.05, 4.69) is 79.4 Å². The van der Waals surface area contributed by atoms with E-state index in [1.807, 2.05) is 0 Å². The van der Waals surface area contributed by atoms with E-state index in [1.165, 1.54) is 27.5 Å². The van der Waals surface area contributed by atoms with Gasteiger partial charge < -0.3 is 0 Å². The third kappa shape index (κ3) is 1.48. The first-order valence-electron chi connectivity index (χ1n) is 7.04. The van der Waals surface area contributed by atoms with Crippen LogP contribution in [0.4, 0.5) is 0 Å². The monoisotopic (exact) mass is 256 g/mol. The van der Waals surface area contributed by atoms with Gasteiger partial charge in [-0.1, -0.05) is 84.9 Å². The van der Waals surface area contributed by atoms with Gasteiger partial charge in [-0.3, -0.25) is 0 Å². The molecule has 3 aromatic rings. The summed E-state index contributed by atoms with van der Waals surface area (Å²) in [5.41, 5.74) is 4.11. The van der Waals surface area contributed by atoms with Crippen molar-refractivity contribution in [3.05, 3.63) is 96.1 Å². The van der Waals surface area contributed by atoms with Crippen LogP contribution < -0.4 is 0 Å². The number of benzene rings is 3. The van der Waals surface area contributed by atoms with Crippen molar-refractivity contribution in [3.8, 4) is 0 Å². The van der Waals surface area contributed by atoms with Crippen LogP contribution in [-0.2, 0) is 5.41 Å². The van der Waals surface area contributed by atoms with Crippen LogP contribution in [0.2, 0.25) is 0 Å². The highest BCUT2D eigenvalue weighted by Crippen LogP contribution is 2.58. The summed E-state index contributed by atoms with van der Waals surface area (Å²) in [5, 5.41) is 2.65. The quantitative estimate of drug-likeness (QED) is 0.560. The van der Waals surface area contributed by atoms with Crippen molar-refractivity contribution in [1.82, 2.24) is 0 Å². The fourth-order valence-corrected chi connectivity index (χ4v) is 3.34. The maximum atomic E-state index is 4.28. The molecule has 1 fully saturated rings. The molecule has 0 nitrogen and oxygen atoms in total. The summed E-state index contributed by atoms with van der Waals surface area (Å²) in [6.45, 7) is 4.28. The summed E-state index contributed by atoms with van der Waals surface area (Å²) in [7, 11) is 0. The number of hydrogen-bond donors (Lipinski definition) is 0. The van der Waals surface area contributed by atoms with E-state index in [1.54, 1.807) is 0 Å². The Kier molecular flexibility index (Phi) is 2.34. The van der Waals surface area contributed by atoms with E-state index >= 15 is 0 Å². The van der Waals surface area contributed by atoms with Crippen LogP contribution in [0.1, 0.15) is 17.5 Å². The molecule has 1 saturated carbocycles. The van der Waals surface area contributed by atoms with E-state index in [0.29, 0.717) is 0 Å². The SMILES string of the molecule is C=C1C[C@@]1(c1ccccc1)c1cccc2ccccc12. The second-order valence-electron chi connectivity index (χ2n) is 5.58. The van der Waals surface area contributed by atoms with E-state index in [0.717, 1.165) is 6.42 Å². The molecule has 1 atom stereocenters. The largest absolute Gasteiger partial charge is 0.0986 e. The Morgan fingerprint density at radius 1 is 0.750 bits per heavy atom. The molecule has 0 radical (unpaired) electrons. The molecular weight excluding hydrogens is 240 g/mol. The number of hydrogen-bond acceptors (Lipinski definition) is 0. The average molecular weight is 256 g/mol. The smallest absolute Gasteiger partial charge is 0.0452 e. The van der Waals surface area contributed by atoms with Gasteiger partial charge in [0.1, 0.15) is 0 Å². The molecule has 0 N–H and O–H groups in total.